The maximum atomic E-state index is 13.1. The number of carbonyl (C=O) groups excluding carboxylic acids is 4. The van der Waals surface area contributed by atoms with Crippen LogP contribution in [0.3, 0.4) is 0 Å². The first-order valence-electron chi connectivity index (χ1n) is 9.19. The van der Waals surface area contributed by atoms with Crippen molar-refractivity contribution in [3.8, 4) is 0 Å². The highest BCUT2D eigenvalue weighted by molar-refractivity contribution is 6.09. The zero-order chi connectivity index (χ0) is 20.3. The van der Waals surface area contributed by atoms with Crippen LogP contribution in [0, 0.1) is 0 Å². The summed E-state index contributed by atoms with van der Waals surface area (Å²) in [6, 6.07) is 6.86. The number of esters is 1. The van der Waals surface area contributed by atoms with Gasteiger partial charge >= 0.3 is 12.0 Å². The van der Waals surface area contributed by atoms with E-state index in [1.54, 1.807) is 0 Å². The van der Waals surface area contributed by atoms with Gasteiger partial charge in [-0.3, -0.25) is 19.3 Å². The van der Waals surface area contributed by atoms with Crippen LogP contribution in [0.2, 0.25) is 0 Å². The summed E-state index contributed by atoms with van der Waals surface area (Å²) in [5.41, 5.74) is 0.645. The van der Waals surface area contributed by atoms with E-state index in [-0.39, 0.29) is 6.54 Å². The van der Waals surface area contributed by atoms with Crippen molar-refractivity contribution in [3.63, 3.8) is 0 Å². The molecule has 8 heteroatoms. The van der Waals surface area contributed by atoms with Crippen LogP contribution < -0.4 is 10.6 Å². The van der Waals surface area contributed by atoms with Gasteiger partial charge in [-0.15, -0.1) is 6.58 Å². The van der Waals surface area contributed by atoms with Gasteiger partial charge in [0.2, 0.25) is 0 Å². The summed E-state index contributed by atoms with van der Waals surface area (Å²) in [7, 11) is 0. The van der Waals surface area contributed by atoms with Crippen LogP contribution in [-0.4, -0.2) is 47.9 Å². The minimum absolute atomic E-state index is 0.246. The third kappa shape index (κ3) is 3.49. The van der Waals surface area contributed by atoms with Crippen LogP contribution in [0.25, 0.3) is 0 Å². The van der Waals surface area contributed by atoms with E-state index in [1.807, 2.05) is 24.3 Å². The molecule has 148 valence electrons. The summed E-state index contributed by atoms with van der Waals surface area (Å²) in [6.45, 7) is 4.60. The van der Waals surface area contributed by atoms with E-state index in [0.717, 1.165) is 28.9 Å². The Hall–Kier alpha value is -3.16. The quantitative estimate of drug-likeness (QED) is 0.432. The molecule has 0 aromatic heterocycles. The Morgan fingerprint density at radius 2 is 2.14 bits per heavy atom. The van der Waals surface area contributed by atoms with Gasteiger partial charge in [0, 0.05) is 6.54 Å². The maximum absolute atomic E-state index is 13.1. The van der Waals surface area contributed by atoms with E-state index in [2.05, 4.69) is 17.2 Å². The van der Waals surface area contributed by atoms with Crippen molar-refractivity contribution in [2.45, 2.75) is 37.8 Å². The van der Waals surface area contributed by atoms with Gasteiger partial charge < -0.3 is 15.4 Å². The summed E-state index contributed by atoms with van der Waals surface area (Å²) in [6.07, 6.45) is 2.52. The van der Waals surface area contributed by atoms with E-state index in [4.69, 9.17) is 4.74 Å². The molecule has 4 amide bonds. The number of amides is 4. The van der Waals surface area contributed by atoms with E-state index in [1.165, 1.54) is 13.0 Å². The minimum Gasteiger partial charge on any atom is -0.451 e. The van der Waals surface area contributed by atoms with Crippen molar-refractivity contribution >= 4 is 23.8 Å². The number of fused-ring (bicyclic) bond motifs is 2. The van der Waals surface area contributed by atoms with Crippen LogP contribution in [0.1, 0.15) is 30.9 Å². The SMILES string of the molecule is C=CCNC(=O)[C@@H](C)OC(=O)CN1C(=O)N[C@@]2(CCCc3ccccc32)C1=O. The van der Waals surface area contributed by atoms with Gasteiger partial charge in [-0.05, 0) is 37.3 Å². The van der Waals surface area contributed by atoms with E-state index in [0.29, 0.717) is 6.42 Å². The van der Waals surface area contributed by atoms with Gasteiger partial charge in [-0.25, -0.2) is 4.79 Å². The lowest BCUT2D eigenvalue weighted by Crippen LogP contribution is -2.47. The number of benzene rings is 1. The summed E-state index contributed by atoms with van der Waals surface area (Å²) >= 11 is 0. The van der Waals surface area contributed by atoms with E-state index >= 15 is 0 Å². The van der Waals surface area contributed by atoms with E-state index < -0.39 is 42.0 Å². The first-order valence-corrected chi connectivity index (χ1v) is 9.19. The van der Waals surface area contributed by atoms with Crippen LogP contribution in [0.5, 0.6) is 0 Å². The van der Waals surface area contributed by atoms with Gasteiger partial charge in [0.25, 0.3) is 11.8 Å². The summed E-state index contributed by atoms with van der Waals surface area (Å²) in [4.78, 5) is 50.4. The van der Waals surface area contributed by atoms with Crippen LogP contribution in [0.15, 0.2) is 36.9 Å². The second-order valence-corrected chi connectivity index (χ2v) is 6.90. The van der Waals surface area contributed by atoms with Crippen molar-refractivity contribution in [3.05, 3.63) is 48.0 Å². The highest BCUT2D eigenvalue weighted by Gasteiger charge is 2.54. The Morgan fingerprint density at radius 3 is 2.89 bits per heavy atom. The maximum Gasteiger partial charge on any atom is 0.327 e. The Balaban J connectivity index is 1.71. The second-order valence-electron chi connectivity index (χ2n) is 6.90. The number of nitrogens with zero attached hydrogens (tertiary/aromatic N) is 1. The van der Waals surface area contributed by atoms with Crippen LogP contribution >= 0.6 is 0 Å². The first-order chi connectivity index (χ1) is 13.4. The van der Waals surface area contributed by atoms with Gasteiger partial charge in [0.05, 0.1) is 0 Å². The average Bonchev–Trinajstić information content (AvgIpc) is 2.91. The summed E-state index contributed by atoms with van der Waals surface area (Å²) in [5, 5.41) is 5.29. The van der Waals surface area contributed by atoms with Crippen molar-refractivity contribution in [1.29, 1.82) is 0 Å². The Labute approximate surface area is 162 Å². The third-order valence-electron chi connectivity index (χ3n) is 5.04. The lowest BCUT2D eigenvalue weighted by molar-refractivity contribution is -0.156. The lowest BCUT2D eigenvalue weighted by atomic mass is 9.76. The number of imide groups is 1. The normalized spacial score (nSPS) is 21.7. The molecule has 0 unspecified atom stereocenters. The number of hydrogen-bond acceptors (Lipinski definition) is 5. The molecule has 3 rings (SSSR count). The Morgan fingerprint density at radius 1 is 1.39 bits per heavy atom. The van der Waals surface area contributed by atoms with Crippen molar-refractivity contribution in [2.75, 3.05) is 13.1 Å². The fraction of sp³-hybridized carbons (Fsp3) is 0.400. The molecule has 1 fully saturated rings. The molecular formula is C20H23N3O5. The topological polar surface area (TPSA) is 105 Å². The number of rotatable bonds is 6. The molecule has 1 heterocycles. The molecule has 1 aliphatic carbocycles. The molecule has 1 aromatic rings. The number of aryl methyl sites for hydroxylation is 1. The van der Waals surface area contributed by atoms with Crippen molar-refractivity contribution in [2.24, 2.45) is 0 Å². The fourth-order valence-electron chi connectivity index (χ4n) is 3.69. The highest BCUT2D eigenvalue weighted by atomic mass is 16.5. The summed E-state index contributed by atoms with van der Waals surface area (Å²) < 4.78 is 5.05. The number of carbonyl (C=O) groups is 4. The zero-order valence-electron chi connectivity index (χ0n) is 15.7. The smallest absolute Gasteiger partial charge is 0.327 e. The molecule has 0 radical (unpaired) electrons. The molecule has 2 aliphatic rings. The molecule has 1 aliphatic heterocycles. The molecule has 0 bridgehead atoms. The summed E-state index contributed by atoms with van der Waals surface area (Å²) in [5.74, 6) is -1.78. The van der Waals surface area contributed by atoms with Gasteiger partial charge in [0.15, 0.2) is 6.10 Å². The number of nitrogens with one attached hydrogen (secondary N) is 2. The monoisotopic (exact) mass is 385 g/mol. The number of hydrogen-bond donors (Lipinski definition) is 2. The third-order valence-corrected chi connectivity index (χ3v) is 5.04. The molecule has 1 aromatic carbocycles. The van der Waals surface area contributed by atoms with Gasteiger partial charge in [-0.1, -0.05) is 30.3 Å². The highest BCUT2D eigenvalue weighted by Crippen LogP contribution is 2.39. The Kier molecular flexibility index (Phi) is 5.48. The molecular weight excluding hydrogens is 362 g/mol. The fourth-order valence-corrected chi connectivity index (χ4v) is 3.69. The predicted octanol–water partition coefficient (Wildman–Crippen LogP) is 1.00. The molecule has 8 nitrogen and oxygen atoms in total. The predicted molar refractivity (Wildman–Crippen MR) is 100 cm³/mol. The number of urea groups is 1. The molecule has 2 atom stereocenters. The Bertz CT molecular complexity index is 837. The molecule has 28 heavy (non-hydrogen) atoms. The van der Waals surface area contributed by atoms with Crippen molar-refractivity contribution in [1.82, 2.24) is 15.5 Å². The van der Waals surface area contributed by atoms with Crippen LogP contribution in [0.4, 0.5) is 4.79 Å². The number of ether oxygens (including phenoxy) is 1. The zero-order valence-corrected chi connectivity index (χ0v) is 15.7. The second kappa shape index (κ2) is 7.84. The van der Waals surface area contributed by atoms with E-state index in [9.17, 15) is 19.2 Å². The largest absolute Gasteiger partial charge is 0.451 e. The average molecular weight is 385 g/mol. The van der Waals surface area contributed by atoms with Crippen LogP contribution in [-0.2, 0) is 31.1 Å². The molecule has 2 N–H and O–H groups in total. The van der Waals surface area contributed by atoms with Crippen molar-refractivity contribution < 1.29 is 23.9 Å². The molecule has 1 saturated heterocycles. The minimum atomic E-state index is -1.14. The molecule has 0 saturated carbocycles. The lowest BCUT2D eigenvalue weighted by Gasteiger charge is -2.33. The van der Waals surface area contributed by atoms with Gasteiger partial charge in [0.1, 0.15) is 12.1 Å². The molecule has 1 spiro atoms. The standard InChI is InChI=1S/C20H23N3O5/c1-3-11-21-17(25)13(2)28-16(24)12-23-18(26)20(22-19(23)27)10-6-8-14-7-4-5-9-15(14)20/h3-5,7,9,13H,1,6,8,10-12H2,2H3,(H,21,25)(H,22,27)/t13-,20-/m1/s1. The van der Waals surface area contributed by atoms with Gasteiger partial charge in [-0.2, -0.15) is 0 Å². The first kappa shape index (κ1) is 19.6.